The van der Waals surface area contributed by atoms with Crippen LogP contribution < -0.4 is 10.4 Å². The molecule has 98 valence electrons. The number of nitrogens with zero attached hydrogens (tertiary/aromatic N) is 1. The van der Waals surface area contributed by atoms with Crippen LogP contribution in [0.15, 0.2) is 30.6 Å². The first-order valence-corrected chi connectivity index (χ1v) is 5.98. The SMILES string of the molecule is O=C([O-])[C@H]1Cc2[nH]cnc2[C@@H](c2ccc(F)cc2)[NH2+]1. The number of carbonyl (C=O) groups excluding carboxylic acids is 1. The van der Waals surface area contributed by atoms with E-state index < -0.39 is 12.0 Å². The zero-order valence-corrected chi connectivity index (χ0v) is 9.97. The number of benzene rings is 1. The monoisotopic (exact) mass is 261 g/mol. The zero-order valence-electron chi connectivity index (χ0n) is 9.97. The molecular formula is C13H12FN3O2. The number of hydrogen-bond acceptors (Lipinski definition) is 3. The van der Waals surface area contributed by atoms with Crippen LogP contribution in [0.1, 0.15) is 23.0 Å². The summed E-state index contributed by atoms with van der Waals surface area (Å²) in [6.07, 6.45) is 1.90. The largest absolute Gasteiger partial charge is 0.544 e. The van der Waals surface area contributed by atoms with Crippen LogP contribution in [0.5, 0.6) is 0 Å². The van der Waals surface area contributed by atoms with Gasteiger partial charge in [-0.05, 0) is 24.3 Å². The highest BCUT2D eigenvalue weighted by Gasteiger charge is 2.33. The van der Waals surface area contributed by atoms with Crippen molar-refractivity contribution in [3.8, 4) is 0 Å². The number of aliphatic carboxylic acids is 1. The number of H-pyrrole nitrogens is 1. The van der Waals surface area contributed by atoms with E-state index in [1.165, 1.54) is 12.1 Å². The van der Waals surface area contributed by atoms with Crippen molar-refractivity contribution in [1.82, 2.24) is 9.97 Å². The number of halogens is 1. The topological polar surface area (TPSA) is 85.4 Å². The van der Waals surface area contributed by atoms with Crippen LogP contribution in [0.25, 0.3) is 0 Å². The van der Waals surface area contributed by atoms with Gasteiger partial charge in [-0.2, -0.15) is 0 Å². The minimum atomic E-state index is -1.10. The highest BCUT2D eigenvalue weighted by atomic mass is 19.1. The van der Waals surface area contributed by atoms with Crippen molar-refractivity contribution in [2.75, 3.05) is 0 Å². The van der Waals surface area contributed by atoms with Crippen molar-refractivity contribution < 1.29 is 19.6 Å². The molecule has 0 saturated carbocycles. The molecule has 1 aliphatic rings. The number of hydrogen-bond donors (Lipinski definition) is 2. The number of imidazole rings is 1. The molecule has 0 aliphatic carbocycles. The number of carboxylic acids is 1. The molecule has 3 rings (SSSR count). The standard InChI is InChI=1S/C13H12FN3O2/c14-8-3-1-7(2-4-8)11-12-9(15-6-16-12)5-10(17-11)13(18)19/h1-4,6,10-11,17H,5H2,(H,15,16)(H,18,19)/t10-,11-/m1/s1. The number of quaternary nitrogens is 1. The van der Waals surface area contributed by atoms with Gasteiger partial charge in [-0.15, -0.1) is 0 Å². The highest BCUT2D eigenvalue weighted by Crippen LogP contribution is 2.23. The van der Waals surface area contributed by atoms with Gasteiger partial charge in [0.05, 0.1) is 18.0 Å². The predicted molar refractivity (Wildman–Crippen MR) is 61.3 cm³/mol. The van der Waals surface area contributed by atoms with Gasteiger partial charge in [0.1, 0.15) is 17.6 Å². The van der Waals surface area contributed by atoms with Crippen LogP contribution in [0.3, 0.4) is 0 Å². The van der Waals surface area contributed by atoms with Gasteiger partial charge in [0.2, 0.25) is 0 Å². The number of nitrogens with one attached hydrogen (secondary N) is 1. The minimum absolute atomic E-state index is 0.251. The molecule has 0 saturated heterocycles. The van der Waals surface area contributed by atoms with E-state index in [1.54, 1.807) is 23.8 Å². The number of aromatic amines is 1. The Morgan fingerprint density at radius 1 is 1.42 bits per heavy atom. The molecule has 2 atom stereocenters. The molecular weight excluding hydrogens is 249 g/mol. The lowest BCUT2D eigenvalue weighted by Gasteiger charge is -2.27. The maximum atomic E-state index is 13.0. The van der Waals surface area contributed by atoms with E-state index in [4.69, 9.17) is 0 Å². The normalized spacial score (nSPS) is 21.9. The van der Waals surface area contributed by atoms with Crippen LogP contribution in [0, 0.1) is 5.82 Å². The lowest BCUT2D eigenvalue weighted by atomic mass is 9.94. The fourth-order valence-electron chi connectivity index (χ4n) is 2.48. The number of nitrogens with two attached hydrogens (primary N) is 1. The number of carboxylic acid groups (broad SMARTS) is 1. The van der Waals surface area contributed by atoms with E-state index >= 15 is 0 Å². The van der Waals surface area contributed by atoms with Gasteiger partial charge in [-0.3, -0.25) is 0 Å². The molecule has 1 aromatic heterocycles. The van der Waals surface area contributed by atoms with Crippen LogP contribution >= 0.6 is 0 Å². The van der Waals surface area contributed by atoms with Crippen LogP contribution in [-0.2, 0) is 11.2 Å². The van der Waals surface area contributed by atoms with E-state index in [0.29, 0.717) is 6.42 Å². The van der Waals surface area contributed by atoms with E-state index in [0.717, 1.165) is 17.0 Å². The van der Waals surface area contributed by atoms with Crippen molar-refractivity contribution in [3.05, 3.63) is 53.4 Å². The predicted octanol–water partition coefficient (Wildman–Crippen LogP) is -1.12. The average Bonchev–Trinajstić information content (AvgIpc) is 2.86. The maximum Gasteiger partial charge on any atom is 0.157 e. The summed E-state index contributed by atoms with van der Waals surface area (Å²) in [5.41, 5.74) is 2.41. The molecule has 1 aliphatic heterocycles. The lowest BCUT2D eigenvalue weighted by molar-refractivity contribution is -0.717. The Kier molecular flexibility index (Phi) is 2.79. The second-order valence-electron chi connectivity index (χ2n) is 4.62. The number of rotatable bonds is 2. The average molecular weight is 261 g/mol. The fourth-order valence-corrected chi connectivity index (χ4v) is 2.48. The van der Waals surface area contributed by atoms with Gasteiger partial charge in [0.25, 0.3) is 0 Å². The summed E-state index contributed by atoms with van der Waals surface area (Å²) in [5, 5.41) is 12.8. The Balaban J connectivity index is 2.00. The Labute approximate surface area is 108 Å². The molecule has 1 aromatic carbocycles. The smallest absolute Gasteiger partial charge is 0.157 e. The van der Waals surface area contributed by atoms with Crippen molar-refractivity contribution in [1.29, 1.82) is 0 Å². The van der Waals surface area contributed by atoms with E-state index in [2.05, 4.69) is 9.97 Å². The van der Waals surface area contributed by atoms with Gasteiger partial charge < -0.3 is 20.2 Å². The van der Waals surface area contributed by atoms with Gasteiger partial charge >= 0.3 is 0 Å². The molecule has 0 bridgehead atoms. The van der Waals surface area contributed by atoms with Gasteiger partial charge in [-0.25, -0.2) is 9.37 Å². The number of aromatic nitrogens is 2. The second kappa shape index (κ2) is 4.47. The fraction of sp³-hybridized carbons (Fsp3) is 0.231. The van der Waals surface area contributed by atoms with E-state index in [1.807, 2.05) is 0 Å². The Morgan fingerprint density at radius 3 is 2.84 bits per heavy atom. The molecule has 2 heterocycles. The maximum absolute atomic E-state index is 13.0. The van der Waals surface area contributed by atoms with Crippen molar-refractivity contribution in [3.63, 3.8) is 0 Å². The molecule has 3 N–H and O–H groups in total. The third kappa shape index (κ3) is 2.10. The Bertz CT molecular complexity index is 609. The van der Waals surface area contributed by atoms with Crippen LogP contribution in [0.2, 0.25) is 0 Å². The first kappa shape index (κ1) is 11.9. The summed E-state index contributed by atoms with van der Waals surface area (Å²) in [6.45, 7) is 0. The van der Waals surface area contributed by atoms with Gasteiger partial charge in [0, 0.05) is 12.0 Å². The molecule has 0 amide bonds. The highest BCUT2D eigenvalue weighted by molar-refractivity contribution is 5.70. The van der Waals surface area contributed by atoms with Crippen LogP contribution in [-0.4, -0.2) is 22.0 Å². The molecule has 6 heteroatoms. The van der Waals surface area contributed by atoms with E-state index in [-0.39, 0.29) is 11.9 Å². The van der Waals surface area contributed by atoms with Gasteiger partial charge in [0.15, 0.2) is 6.04 Å². The molecule has 0 unspecified atom stereocenters. The summed E-state index contributed by atoms with van der Waals surface area (Å²) in [5.74, 6) is -1.43. The van der Waals surface area contributed by atoms with Crippen LogP contribution in [0.4, 0.5) is 4.39 Å². The Morgan fingerprint density at radius 2 is 2.16 bits per heavy atom. The number of fused-ring (bicyclic) bond motifs is 1. The molecule has 0 spiro atoms. The molecule has 5 nitrogen and oxygen atoms in total. The summed E-state index contributed by atoms with van der Waals surface area (Å²) in [6, 6.07) is 5.09. The van der Waals surface area contributed by atoms with Crippen molar-refractivity contribution in [2.45, 2.75) is 18.5 Å². The van der Waals surface area contributed by atoms with Crippen molar-refractivity contribution >= 4 is 5.97 Å². The summed E-state index contributed by atoms with van der Waals surface area (Å²) < 4.78 is 13.0. The third-order valence-corrected chi connectivity index (χ3v) is 3.43. The second-order valence-corrected chi connectivity index (χ2v) is 4.62. The molecule has 0 radical (unpaired) electrons. The molecule has 0 fully saturated rings. The third-order valence-electron chi connectivity index (χ3n) is 3.43. The first-order valence-electron chi connectivity index (χ1n) is 5.98. The quantitative estimate of drug-likeness (QED) is 0.718. The Hall–Kier alpha value is -2.21. The zero-order chi connectivity index (χ0) is 13.4. The van der Waals surface area contributed by atoms with Gasteiger partial charge in [-0.1, -0.05) is 0 Å². The summed E-state index contributed by atoms with van der Waals surface area (Å²) >= 11 is 0. The lowest BCUT2D eigenvalue weighted by Crippen LogP contribution is -2.95. The first-order chi connectivity index (χ1) is 9.15. The summed E-state index contributed by atoms with van der Waals surface area (Å²) in [7, 11) is 0. The molecule has 19 heavy (non-hydrogen) atoms. The minimum Gasteiger partial charge on any atom is -0.544 e. The van der Waals surface area contributed by atoms with E-state index in [9.17, 15) is 14.3 Å². The van der Waals surface area contributed by atoms with Crippen molar-refractivity contribution in [2.24, 2.45) is 0 Å². The number of carbonyl (C=O) groups is 1. The summed E-state index contributed by atoms with van der Waals surface area (Å²) in [4.78, 5) is 18.3. The molecule has 2 aromatic rings.